The molecule has 0 saturated carbocycles. The Bertz CT molecular complexity index is 732. The van der Waals surface area contributed by atoms with Crippen LogP contribution in [0, 0.1) is 0 Å². The molecule has 0 bridgehead atoms. The molecule has 5 heteroatoms. The van der Waals surface area contributed by atoms with Gasteiger partial charge in [-0.2, -0.15) is 5.10 Å². The number of amides is 1. The Morgan fingerprint density at radius 1 is 1.39 bits per heavy atom. The molecule has 0 fully saturated rings. The number of hydrogen-bond acceptors (Lipinski definition) is 3. The SMILES string of the molecule is CCC(=O)Nc1cnn2cnc3ccccc3c12. The molecular formula is C13H12N4O. The molecule has 90 valence electrons. The maximum absolute atomic E-state index is 11.5. The highest BCUT2D eigenvalue weighted by Gasteiger charge is 2.10. The van der Waals surface area contributed by atoms with E-state index in [-0.39, 0.29) is 5.91 Å². The topological polar surface area (TPSA) is 59.3 Å². The zero-order valence-corrected chi connectivity index (χ0v) is 9.92. The molecule has 1 aromatic carbocycles. The quantitative estimate of drug-likeness (QED) is 0.747. The van der Waals surface area contributed by atoms with E-state index in [9.17, 15) is 4.79 Å². The molecule has 0 spiro atoms. The lowest BCUT2D eigenvalue weighted by Gasteiger charge is -2.03. The molecule has 0 radical (unpaired) electrons. The van der Waals surface area contributed by atoms with Gasteiger partial charge >= 0.3 is 0 Å². The number of aromatic nitrogens is 3. The summed E-state index contributed by atoms with van der Waals surface area (Å²) in [5, 5.41) is 8.03. The zero-order chi connectivity index (χ0) is 12.5. The molecule has 0 aliphatic heterocycles. The summed E-state index contributed by atoms with van der Waals surface area (Å²) in [4.78, 5) is 15.8. The van der Waals surface area contributed by atoms with Crippen LogP contribution in [-0.2, 0) is 4.79 Å². The van der Waals surface area contributed by atoms with Crippen LogP contribution >= 0.6 is 0 Å². The molecule has 3 aromatic rings. The fourth-order valence-electron chi connectivity index (χ4n) is 1.95. The molecule has 18 heavy (non-hydrogen) atoms. The fraction of sp³-hybridized carbons (Fsp3) is 0.154. The minimum absolute atomic E-state index is 0.0224. The lowest BCUT2D eigenvalue weighted by molar-refractivity contribution is -0.115. The Morgan fingerprint density at radius 2 is 2.22 bits per heavy atom. The highest BCUT2D eigenvalue weighted by molar-refractivity contribution is 6.04. The number of carbonyl (C=O) groups excluding carboxylic acids is 1. The van der Waals surface area contributed by atoms with E-state index >= 15 is 0 Å². The van der Waals surface area contributed by atoms with E-state index in [0.29, 0.717) is 6.42 Å². The number of hydrogen-bond donors (Lipinski definition) is 1. The molecule has 1 N–H and O–H groups in total. The van der Waals surface area contributed by atoms with Gasteiger partial charge in [0.2, 0.25) is 5.91 Å². The van der Waals surface area contributed by atoms with E-state index < -0.39 is 0 Å². The Kier molecular flexibility index (Phi) is 2.44. The number of benzene rings is 1. The van der Waals surface area contributed by atoms with Gasteiger partial charge in [-0.05, 0) is 6.07 Å². The second kappa shape index (κ2) is 4.10. The third-order valence-electron chi connectivity index (χ3n) is 2.86. The predicted molar refractivity (Wildman–Crippen MR) is 69.4 cm³/mol. The van der Waals surface area contributed by atoms with Gasteiger partial charge in [0.05, 0.1) is 17.4 Å². The molecule has 2 heterocycles. The Morgan fingerprint density at radius 3 is 3.06 bits per heavy atom. The van der Waals surface area contributed by atoms with Crippen molar-refractivity contribution in [2.45, 2.75) is 13.3 Å². The first-order valence-corrected chi connectivity index (χ1v) is 5.80. The first-order valence-electron chi connectivity index (χ1n) is 5.80. The molecule has 0 saturated heterocycles. The first-order chi connectivity index (χ1) is 8.79. The monoisotopic (exact) mass is 240 g/mol. The molecule has 0 unspecified atom stereocenters. The van der Waals surface area contributed by atoms with E-state index in [0.717, 1.165) is 22.1 Å². The summed E-state index contributed by atoms with van der Waals surface area (Å²) < 4.78 is 1.67. The highest BCUT2D eigenvalue weighted by atomic mass is 16.1. The van der Waals surface area contributed by atoms with Crippen molar-refractivity contribution in [1.82, 2.24) is 14.6 Å². The normalized spacial score (nSPS) is 10.9. The Labute approximate surface area is 103 Å². The van der Waals surface area contributed by atoms with Crippen LogP contribution in [0.3, 0.4) is 0 Å². The smallest absolute Gasteiger partial charge is 0.224 e. The largest absolute Gasteiger partial charge is 0.323 e. The van der Waals surface area contributed by atoms with E-state index in [4.69, 9.17) is 0 Å². The fourth-order valence-corrected chi connectivity index (χ4v) is 1.95. The summed E-state index contributed by atoms with van der Waals surface area (Å²) in [6.07, 6.45) is 3.75. The van der Waals surface area contributed by atoms with E-state index in [1.807, 2.05) is 31.2 Å². The van der Waals surface area contributed by atoms with Crippen LogP contribution < -0.4 is 5.32 Å². The van der Waals surface area contributed by atoms with Crippen molar-refractivity contribution < 1.29 is 4.79 Å². The molecule has 3 rings (SSSR count). The van der Waals surface area contributed by atoms with Gasteiger partial charge in [-0.25, -0.2) is 9.50 Å². The molecule has 1 amide bonds. The summed E-state index contributed by atoms with van der Waals surface area (Å²) in [6.45, 7) is 1.82. The number of anilines is 1. The van der Waals surface area contributed by atoms with Gasteiger partial charge in [-0.15, -0.1) is 0 Å². The molecule has 0 aliphatic rings. The van der Waals surface area contributed by atoms with Crippen LogP contribution in [0.2, 0.25) is 0 Å². The predicted octanol–water partition coefficient (Wildman–Crippen LogP) is 2.23. The lowest BCUT2D eigenvalue weighted by atomic mass is 10.2. The second-order valence-electron chi connectivity index (χ2n) is 4.01. The van der Waals surface area contributed by atoms with E-state index in [1.54, 1.807) is 17.0 Å². The van der Waals surface area contributed by atoms with Crippen LogP contribution in [0.5, 0.6) is 0 Å². The average molecular weight is 240 g/mol. The van der Waals surface area contributed by atoms with Crippen LogP contribution in [0.25, 0.3) is 16.4 Å². The number of fused-ring (bicyclic) bond motifs is 3. The molecule has 5 nitrogen and oxygen atoms in total. The molecule has 0 atom stereocenters. The van der Waals surface area contributed by atoms with Gasteiger partial charge in [0, 0.05) is 11.8 Å². The maximum atomic E-state index is 11.5. The third-order valence-corrected chi connectivity index (χ3v) is 2.86. The summed E-state index contributed by atoms with van der Waals surface area (Å²) in [7, 11) is 0. The first kappa shape index (κ1) is 10.7. The average Bonchev–Trinajstić information content (AvgIpc) is 2.82. The number of nitrogens with zero attached hydrogens (tertiary/aromatic N) is 3. The number of rotatable bonds is 2. The van der Waals surface area contributed by atoms with E-state index in [1.165, 1.54) is 0 Å². The summed E-state index contributed by atoms with van der Waals surface area (Å²) in [5.41, 5.74) is 2.49. The van der Waals surface area contributed by atoms with Crippen molar-refractivity contribution in [2.75, 3.05) is 5.32 Å². The van der Waals surface area contributed by atoms with Crippen LogP contribution in [0.15, 0.2) is 36.8 Å². The maximum Gasteiger partial charge on any atom is 0.224 e. The second-order valence-corrected chi connectivity index (χ2v) is 4.01. The van der Waals surface area contributed by atoms with Crippen LogP contribution in [0.4, 0.5) is 5.69 Å². The van der Waals surface area contributed by atoms with Crippen molar-refractivity contribution in [1.29, 1.82) is 0 Å². The van der Waals surface area contributed by atoms with Crippen LogP contribution in [-0.4, -0.2) is 20.5 Å². The molecular weight excluding hydrogens is 228 g/mol. The Hall–Kier alpha value is -2.43. The van der Waals surface area contributed by atoms with Gasteiger partial charge in [-0.1, -0.05) is 25.1 Å². The summed E-state index contributed by atoms with van der Waals surface area (Å²) >= 11 is 0. The van der Waals surface area contributed by atoms with Crippen molar-refractivity contribution in [3.05, 3.63) is 36.8 Å². The zero-order valence-electron chi connectivity index (χ0n) is 9.92. The summed E-state index contributed by atoms with van der Waals surface area (Å²) in [6, 6.07) is 7.80. The van der Waals surface area contributed by atoms with Gasteiger partial charge in [0.1, 0.15) is 11.8 Å². The number of para-hydroxylation sites is 1. The van der Waals surface area contributed by atoms with Crippen molar-refractivity contribution in [2.24, 2.45) is 0 Å². The van der Waals surface area contributed by atoms with Gasteiger partial charge < -0.3 is 5.32 Å². The van der Waals surface area contributed by atoms with Crippen molar-refractivity contribution >= 4 is 28.0 Å². The molecule has 2 aromatic heterocycles. The number of nitrogens with one attached hydrogen (secondary N) is 1. The number of carbonyl (C=O) groups is 1. The van der Waals surface area contributed by atoms with Crippen molar-refractivity contribution in [3.63, 3.8) is 0 Å². The minimum Gasteiger partial charge on any atom is -0.323 e. The minimum atomic E-state index is -0.0224. The van der Waals surface area contributed by atoms with E-state index in [2.05, 4.69) is 15.4 Å². The van der Waals surface area contributed by atoms with Crippen LogP contribution in [0.1, 0.15) is 13.3 Å². The Balaban J connectivity index is 2.27. The summed E-state index contributed by atoms with van der Waals surface area (Å²) in [5.74, 6) is -0.0224. The lowest BCUT2D eigenvalue weighted by Crippen LogP contribution is -2.09. The van der Waals surface area contributed by atoms with Gasteiger partial charge in [0.15, 0.2) is 0 Å². The standard InChI is InChI=1S/C13H12N4O/c1-2-12(18)16-11-7-15-17-8-14-10-6-4-3-5-9(10)13(11)17/h3-8H,2H2,1H3,(H,16,18). The molecule has 0 aliphatic carbocycles. The van der Waals surface area contributed by atoms with Gasteiger partial charge in [0.25, 0.3) is 0 Å². The van der Waals surface area contributed by atoms with Crippen molar-refractivity contribution in [3.8, 4) is 0 Å². The highest BCUT2D eigenvalue weighted by Crippen LogP contribution is 2.24. The van der Waals surface area contributed by atoms with Gasteiger partial charge in [-0.3, -0.25) is 4.79 Å². The third kappa shape index (κ3) is 1.60.